The second kappa shape index (κ2) is 6.87. The number of aromatic amines is 1. The van der Waals surface area contributed by atoms with Gasteiger partial charge in [-0.3, -0.25) is 5.10 Å². The fourth-order valence-electron chi connectivity index (χ4n) is 1.82. The number of nitrogens with zero attached hydrogens (tertiary/aromatic N) is 5. The van der Waals surface area contributed by atoms with Gasteiger partial charge in [-0.1, -0.05) is 0 Å². The summed E-state index contributed by atoms with van der Waals surface area (Å²) in [5, 5.41) is 9.92. The number of H-pyrrole nitrogens is 1. The van der Waals surface area contributed by atoms with Gasteiger partial charge in [0.25, 0.3) is 0 Å². The Morgan fingerprint density at radius 2 is 1.95 bits per heavy atom. The maximum Gasteiger partial charge on any atom is 0.330 e. The standard InChI is InChI=1S/C13H21N7O/c1-5-14-11-15-12(20(6-2)7-3)17-13(16-11)21-10-8-9(4)18-19-10/h8H,5-7H2,1-4H3,(H,18,19)(H,14,15,16,17). The third-order valence-electron chi connectivity index (χ3n) is 2.86. The molecule has 2 rings (SSSR count). The van der Waals surface area contributed by atoms with Crippen LogP contribution in [0.3, 0.4) is 0 Å². The Labute approximate surface area is 124 Å². The van der Waals surface area contributed by atoms with Crippen LogP contribution in [0.1, 0.15) is 26.5 Å². The Balaban J connectivity index is 2.30. The summed E-state index contributed by atoms with van der Waals surface area (Å²) in [6.07, 6.45) is 0. The Kier molecular flexibility index (Phi) is 4.91. The van der Waals surface area contributed by atoms with Gasteiger partial charge < -0.3 is 15.0 Å². The molecule has 0 unspecified atom stereocenters. The average molecular weight is 291 g/mol. The van der Waals surface area contributed by atoms with E-state index in [1.54, 1.807) is 6.07 Å². The van der Waals surface area contributed by atoms with Crippen molar-refractivity contribution >= 4 is 11.9 Å². The molecular formula is C13H21N7O. The minimum absolute atomic E-state index is 0.231. The molecular weight excluding hydrogens is 270 g/mol. The highest BCUT2D eigenvalue weighted by Gasteiger charge is 2.13. The number of hydrogen-bond acceptors (Lipinski definition) is 7. The molecule has 0 aliphatic heterocycles. The van der Waals surface area contributed by atoms with Crippen molar-refractivity contribution in [3.8, 4) is 11.9 Å². The van der Waals surface area contributed by atoms with Crippen LogP contribution in [0.15, 0.2) is 6.07 Å². The predicted molar refractivity (Wildman–Crippen MR) is 81.0 cm³/mol. The Bertz CT molecular complexity index is 580. The maximum absolute atomic E-state index is 5.59. The van der Waals surface area contributed by atoms with E-state index in [9.17, 15) is 0 Å². The van der Waals surface area contributed by atoms with E-state index in [0.29, 0.717) is 17.8 Å². The first-order valence-electron chi connectivity index (χ1n) is 7.11. The first-order chi connectivity index (χ1) is 10.2. The molecule has 0 radical (unpaired) electrons. The van der Waals surface area contributed by atoms with Crippen molar-refractivity contribution in [2.75, 3.05) is 29.9 Å². The van der Waals surface area contributed by atoms with E-state index < -0.39 is 0 Å². The van der Waals surface area contributed by atoms with Crippen LogP contribution in [0.25, 0.3) is 0 Å². The van der Waals surface area contributed by atoms with Gasteiger partial charge in [-0.2, -0.15) is 15.0 Å². The molecule has 0 aromatic carbocycles. The normalized spacial score (nSPS) is 10.5. The minimum atomic E-state index is 0.231. The highest BCUT2D eigenvalue weighted by atomic mass is 16.5. The lowest BCUT2D eigenvalue weighted by Gasteiger charge is -2.19. The number of rotatable bonds is 7. The van der Waals surface area contributed by atoms with Crippen molar-refractivity contribution in [1.82, 2.24) is 25.1 Å². The molecule has 8 heteroatoms. The molecule has 0 fully saturated rings. The molecule has 0 bridgehead atoms. The van der Waals surface area contributed by atoms with Gasteiger partial charge >= 0.3 is 6.01 Å². The monoisotopic (exact) mass is 291 g/mol. The van der Waals surface area contributed by atoms with E-state index in [-0.39, 0.29) is 6.01 Å². The van der Waals surface area contributed by atoms with Crippen molar-refractivity contribution in [2.45, 2.75) is 27.7 Å². The number of hydrogen-bond donors (Lipinski definition) is 2. The fraction of sp³-hybridized carbons (Fsp3) is 0.538. The van der Waals surface area contributed by atoms with Crippen LogP contribution in [-0.4, -0.2) is 44.8 Å². The fourth-order valence-corrected chi connectivity index (χ4v) is 1.82. The summed E-state index contributed by atoms with van der Waals surface area (Å²) in [5.74, 6) is 1.52. The van der Waals surface area contributed by atoms with Crippen LogP contribution in [0.2, 0.25) is 0 Å². The number of aromatic nitrogens is 5. The zero-order valence-electron chi connectivity index (χ0n) is 12.8. The molecule has 0 spiro atoms. The van der Waals surface area contributed by atoms with Gasteiger partial charge in [0.15, 0.2) is 0 Å². The molecule has 0 atom stereocenters. The number of nitrogens with one attached hydrogen (secondary N) is 2. The number of ether oxygens (including phenoxy) is 1. The molecule has 2 aromatic rings. The molecule has 0 saturated carbocycles. The molecule has 0 saturated heterocycles. The summed E-state index contributed by atoms with van der Waals surface area (Å²) < 4.78 is 5.59. The van der Waals surface area contributed by atoms with Crippen molar-refractivity contribution < 1.29 is 4.74 Å². The van der Waals surface area contributed by atoms with E-state index in [0.717, 1.165) is 25.3 Å². The summed E-state index contributed by atoms with van der Waals surface area (Å²) in [7, 11) is 0. The van der Waals surface area contributed by atoms with Crippen molar-refractivity contribution in [3.05, 3.63) is 11.8 Å². The lowest BCUT2D eigenvalue weighted by molar-refractivity contribution is 0.422. The van der Waals surface area contributed by atoms with Crippen LogP contribution in [-0.2, 0) is 0 Å². The van der Waals surface area contributed by atoms with Crippen molar-refractivity contribution in [1.29, 1.82) is 0 Å². The van der Waals surface area contributed by atoms with Crippen LogP contribution < -0.4 is 15.0 Å². The molecule has 21 heavy (non-hydrogen) atoms. The lowest BCUT2D eigenvalue weighted by Crippen LogP contribution is -2.25. The smallest absolute Gasteiger partial charge is 0.330 e. The molecule has 2 heterocycles. The predicted octanol–water partition coefficient (Wildman–Crippen LogP) is 1.97. The van der Waals surface area contributed by atoms with E-state index in [1.807, 2.05) is 18.7 Å². The van der Waals surface area contributed by atoms with Crippen molar-refractivity contribution in [3.63, 3.8) is 0 Å². The first-order valence-corrected chi connectivity index (χ1v) is 7.11. The SMILES string of the molecule is CCNc1nc(Oc2cc(C)[nH]n2)nc(N(CC)CC)n1. The molecule has 0 aliphatic rings. The van der Waals surface area contributed by atoms with Gasteiger partial charge in [-0.25, -0.2) is 0 Å². The second-order valence-electron chi connectivity index (χ2n) is 4.44. The van der Waals surface area contributed by atoms with Crippen LogP contribution >= 0.6 is 0 Å². The average Bonchev–Trinajstić information content (AvgIpc) is 2.86. The van der Waals surface area contributed by atoms with E-state index in [1.165, 1.54) is 0 Å². The Morgan fingerprint density at radius 1 is 1.19 bits per heavy atom. The molecule has 114 valence electrons. The van der Waals surface area contributed by atoms with Gasteiger partial charge in [-0.15, -0.1) is 5.10 Å². The third kappa shape index (κ3) is 3.80. The molecule has 2 aromatic heterocycles. The van der Waals surface area contributed by atoms with E-state index in [4.69, 9.17) is 4.74 Å². The minimum Gasteiger partial charge on any atom is -0.403 e. The summed E-state index contributed by atoms with van der Waals surface area (Å²) in [6, 6.07) is 2.02. The second-order valence-corrected chi connectivity index (χ2v) is 4.44. The Morgan fingerprint density at radius 3 is 2.52 bits per heavy atom. The van der Waals surface area contributed by atoms with Gasteiger partial charge in [0.05, 0.1) is 0 Å². The zero-order chi connectivity index (χ0) is 15.2. The van der Waals surface area contributed by atoms with Crippen molar-refractivity contribution in [2.24, 2.45) is 0 Å². The number of aryl methyl sites for hydroxylation is 1. The largest absolute Gasteiger partial charge is 0.403 e. The Hall–Kier alpha value is -2.38. The van der Waals surface area contributed by atoms with E-state index >= 15 is 0 Å². The third-order valence-corrected chi connectivity index (χ3v) is 2.86. The topological polar surface area (TPSA) is 91.8 Å². The summed E-state index contributed by atoms with van der Waals surface area (Å²) in [6.45, 7) is 10.3. The molecule has 8 nitrogen and oxygen atoms in total. The molecule has 0 amide bonds. The first kappa shape index (κ1) is 15.0. The van der Waals surface area contributed by atoms with Gasteiger partial charge in [0.2, 0.25) is 17.8 Å². The summed E-state index contributed by atoms with van der Waals surface area (Å²) in [5.41, 5.74) is 0.912. The quantitative estimate of drug-likeness (QED) is 0.805. The number of anilines is 2. The van der Waals surface area contributed by atoms with E-state index in [2.05, 4.69) is 44.3 Å². The molecule has 2 N–H and O–H groups in total. The lowest BCUT2D eigenvalue weighted by atomic mass is 10.5. The highest BCUT2D eigenvalue weighted by molar-refractivity contribution is 5.38. The van der Waals surface area contributed by atoms with Gasteiger partial charge in [0, 0.05) is 31.4 Å². The van der Waals surface area contributed by atoms with Gasteiger partial charge in [0.1, 0.15) is 0 Å². The van der Waals surface area contributed by atoms with Crippen LogP contribution in [0.5, 0.6) is 11.9 Å². The maximum atomic E-state index is 5.59. The highest BCUT2D eigenvalue weighted by Crippen LogP contribution is 2.20. The molecule has 0 aliphatic carbocycles. The summed E-state index contributed by atoms with van der Waals surface area (Å²) >= 11 is 0. The zero-order valence-corrected chi connectivity index (χ0v) is 12.8. The summed E-state index contributed by atoms with van der Waals surface area (Å²) in [4.78, 5) is 15.0. The van der Waals surface area contributed by atoms with Crippen LogP contribution in [0.4, 0.5) is 11.9 Å². The van der Waals surface area contributed by atoms with Crippen LogP contribution in [0, 0.1) is 6.92 Å². The van der Waals surface area contributed by atoms with Gasteiger partial charge in [-0.05, 0) is 27.7 Å².